The average molecular weight is 317 g/mol. The second-order valence-electron chi connectivity index (χ2n) is 4.85. The molecule has 0 bridgehead atoms. The quantitative estimate of drug-likeness (QED) is 0.815. The maximum absolute atomic E-state index is 11.7. The molecule has 1 aromatic heterocycles. The fraction of sp³-hybridized carbons (Fsp3) is 0.312. The smallest absolute Gasteiger partial charge is 0.266 e. The first-order chi connectivity index (χ1) is 11.1. The summed E-state index contributed by atoms with van der Waals surface area (Å²) in [6.45, 7) is 2.33. The summed E-state index contributed by atoms with van der Waals surface area (Å²) in [6, 6.07) is 10.1. The second kappa shape index (κ2) is 7.98. The van der Waals surface area contributed by atoms with Gasteiger partial charge in [0, 0.05) is 12.6 Å². The number of methoxy groups -OCH3 is 1. The molecule has 23 heavy (non-hydrogen) atoms. The van der Waals surface area contributed by atoms with Gasteiger partial charge in [-0.2, -0.15) is 5.10 Å². The molecule has 7 heteroatoms. The number of hydrogen-bond donors (Lipinski definition) is 1. The molecule has 1 N–H and O–H groups in total. The van der Waals surface area contributed by atoms with E-state index in [0.717, 1.165) is 11.4 Å². The molecule has 2 aromatic rings. The highest BCUT2D eigenvalue weighted by Crippen LogP contribution is 2.16. The van der Waals surface area contributed by atoms with Crippen molar-refractivity contribution in [3.05, 3.63) is 52.4 Å². The maximum atomic E-state index is 11.7. The summed E-state index contributed by atoms with van der Waals surface area (Å²) in [5, 5.41) is 6.77. The van der Waals surface area contributed by atoms with Crippen LogP contribution in [0.25, 0.3) is 0 Å². The van der Waals surface area contributed by atoms with Gasteiger partial charge in [-0.25, -0.2) is 4.68 Å². The summed E-state index contributed by atoms with van der Waals surface area (Å²) >= 11 is 0. The lowest BCUT2D eigenvalue weighted by Gasteiger charge is -2.09. The number of rotatable bonds is 7. The van der Waals surface area contributed by atoms with Gasteiger partial charge in [0.1, 0.15) is 11.5 Å². The lowest BCUT2D eigenvalue weighted by atomic mass is 10.3. The van der Waals surface area contributed by atoms with Crippen molar-refractivity contribution in [3.63, 3.8) is 0 Å². The van der Waals surface area contributed by atoms with Crippen LogP contribution in [0.4, 0.5) is 0 Å². The third kappa shape index (κ3) is 5.14. The van der Waals surface area contributed by atoms with Gasteiger partial charge in [-0.15, -0.1) is 0 Å². The summed E-state index contributed by atoms with van der Waals surface area (Å²) in [7, 11) is 1.58. The average Bonchev–Trinajstić information content (AvgIpc) is 2.56. The van der Waals surface area contributed by atoms with Gasteiger partial charge in [-0.05, 0) is 37.3 Å². The van der Waals surface area contributed by atoms with Crippen LogP contribution in [0.3, 0.4) is 0 Å². The molecule has 0 spiro atoms. The fourth-order valence-corrected chi connectivity index (χ4v) is 1.88. The van der Waals surface area contributed by atoms with Crippen molar-refractivity contribution in [2.75, 3.05) is 20.3 Å². The van der Waals surface area contributed by atoms with E-state index in [4.69, 9.17) is 9.47 Å². The first-order valence-electron chi connectivity index (χ1n) is 7.17. The number of benzene rings is 1. The first kappa shape index (κ1) is 16.5. The number of carbonyl (C=O) groups is 1. The molecule has 0 atom stereocenters. The van der Waals surface area contributed by atoms with E-state index >= 15 is 0 Å². The maximum Gasteiger partial charge on any atom is 0.266 e. The molecule has 1 amide bonds. The molecule has 122 valence electrons. The Morgan fingerprint density at radius 1 is 1.17 bits per heavy atom. The van der Waals surface area contributed by atoms with E-state index in [0.29, 0.717) is 18.8 Å². The Hall–Kier alpha value is -2.83. The number of hydrogen-bond acceptors (Lipinski definition) is 5. The largest absolute Gasteiger partial charge is 0.497 e. The minimum absolute atomic E-state index is 0.0948. The molecule has 0 aliphatic rings. The van der Waals surface area contributed by atoms with Crippen LogP contribution in [0.15, 0.2) is 41.2 Å². The molecular weight excluding hydrogens is 298 g/mol. The van der Waals surface area contributed by atoms with Crippen molar-refractivity contribution in [1.29, 1.82) is 0 Å². The monoisotopic (exact) mass is 317 g/mol. The number of aromatic nitrogens is 2. The minimum Gasteiger partial charge on any atom is -0.497 e. The van der Waals surface area contributed by atoms with Crippen molar-refractivity contribution >= 4 is 5.91 Å². The molecule has 0 saturated heterocycles. The van der Waals surface area contributed by atoms with Gasteiger partial charge in [0.05, 0.1) is 19.3 Å². The van der Waals surface area contributed by atoms with Crippen LogP contribution in [-0.4, -0.2) is 35.9 Å². The van der Waals surface area contributed by atoms with Gasteiger partial charge in [0.25, 0.3) is 11.5 Å². The fourth-order valence-electron chi connectivity index (χ4n) is 1.88. The zero-order chi connectivity index (χ0) is 16.7. The Labute approximate surface area is 133 Å². The normalized spacial score (nSPS) is 10.2. The van der Waals surface area contributed by atoms with Crippen molar-refractivity contribution in [3.8, 4) is 11.5 Å². The lowest BCUT2D eigenvalue weighted by molar-refractivity contribution is -0.123. The van der Waals surface area contributed by atoms with Crippen LogP contribution in [0, 0.1) is 6.92 Å². The van der Waals surface area contributed by atoms with E-state index in [1.165, 1.54) is 10.7 Å². The lowest BCUT2D eigenvalue weighted by Crippen LogP contribution is -2.34. The molecule has 1 aromatic carbocycles. The number of ether oxygens (including phenoxy) is 2. The summed E-state index contributed by atoms with van der Waals surface area (Å²) in [6.07, 6.45) is 0. The Morgan fingerprint density at radius 3 is 2.57 bits per heavy atom. The zero-order valence-corrected chi connectivity index (χ0v) is 13.1. The van der Waals surface area contributed by atoms with E-state index in [1.54, 1.807) is 44.4 Å². The van der Waals surface area contributed by atoms with Gasteiger partial charge in [-0.3, -0.25) is 9.59 Å². The molecule has 0 aliphatic carbocycles. The topological polar surface area (TPSA) is 82.4 Å². The highest BCUT2D eigenvalue weighted by molar-refractivity contribution is 5.77. The van der Waals surface area contributed by atoms with Crippen LogP contribution < -0.4 is 20.3 Å². The molecule has 2 rings (SSSR count). The summed E-state index contributed by atoms with van der Waals surface area (Å²) < 4.78 is 11.7. The van der Waals surface area contributed by atoms with E-state index in [2.05, 4.69) is 10.4 Å². The van der Waals surface area contributed by atoms with Crippen molar-refractivity contribution < 1.29 is 14.3 Å². The standard InChI is InChI=1S/C16H19N3O4/c1-12-3-8-16(21)19(18-12)10-9-17-15(20)11-23-14-6-4-13(22-2)5-7-14/h3-8H,9-11H2,1-2H3,(H,17,20). The number of carbonyl (C=O) groups excluding carboxylic acids is 1. The van der Waals surface area contributed by atoms with Gasteiger partial charge < -0.3 is 14.8 Å². The minimum atomic E-state index is -0.262. The Bertz CT molecular complexity index is 710. The molecule has 0 radical (unpaired) electrons. The highest BCUT2D eigenvalue weighted by Gasteiger charge is 2.04. The van der Waals surface area contributed by atoms with Crippen LogP contribution in [0.1, 0.15) is 5.69 Å². The number of aryl methyl sites for hydroxylation is 1. The first-order valence-corrected chi connectivity index (χ1v) is 7.17. The van der Waals surface area contributed by atoms with Crippen LogP contribution >= 0.6 is 0 Å². The van der Waals surface area contributed by atoms with Gasteiger partial charge in [0.2, 0.25) is 0 Å². The van der Waals surface area contributed by atoms with Crippen LogP contribution in [0.5, 0.6) is 11.5 Å². The van der Waals surface area contributed by atoms with Gasteiger partial charge in [-0.1, -0.05) is 0 Å². The van der Waals surface area contributed by atoms with Gasteiger partial charge in [0.15, 0.2) is 6.61 Å². The molecule has 7 nitrogen and oxygen atoms in total. The summed E-state index contributed by atoms with van der Waals surface area (Å²) in [4.78, 5) is 23.3. The highest BCUT2D eigenvalue weighted by atomic mass is 16.5. The molecule has 0 aliphatic heterocycles. The third-order valence-electron chi connectivity index (χ3n) is 3.08. The van der Waals surface area contributed by atoms with Crippen molar-refractivity contribution in [2.24, 2.45) is 0 Å². The summed E-state index contributed by atoms with van der Waals surface area (Å²) in [5.41, 5.74) is 0.554. The van der Waals surface area contributed by atoms with E-state index in [1.807, 2.05) is 0 Å². The Kier molecular flexibility index (Phi) is 5.74. The van der Waals surface area contributed by atoms with Crippen molar-refractivity contribution in [2.45, 2.75) is 13.5 Å². The predicted molar refractivity (Wildman–Crippen MR) is 84.7 cm³/mol. The SMILES string of the molecule is COc1ccc(OCC(=O)NCCn2nc(C)ccc2=O)cc1. The molecule has 0 fully saturated rings. The Balaban J connectivity index is 1.74. The van der Waals surface area contributed by atoms with Crippen LogP contribution in [-0.2, 0) is 11.3 Å². The number of nitrogens with zero attached hydrogens (tertiary/aromatic N) is 2. The summed E-state index contributed by atoms with van der Waals surface area (Å²) in [5.74, 6) is 1.04. The van der Waals surface area contributed by atoms with E-state index in [-0.39, 0.29) is 18.1 Å². The molecular formula is C16H19N3O4. The zero-order valence-electron chi connectivity index (χ0n) is 13.1. The van der Waals surface area contributed by atoms with Crippen molar-refractivity contribution in [1.82, 2.24) is 15.1 Å². The molecule has 1 heterocycles. The Morgan fingerprint density at radius 2 is 1.87 bits per heavy atom. The molecule has 0 unspecified atom stereocenters. The predicted octanol–water partition coefficient (Wildman–Crippen LogP) is 0.756. The number of nitrogens with one attached hydrogen (secondary N) is 1. The van der Waals surface area contributed by atoms with Crippen LogP contribution in [0.2, 0.25) is 0 Å². The van der Waals surface area contributed by atoms with E-state index < -0.39 is 0 Å². The number of amides is 1. The van der Waals surface area contributed by atoms with E-state index in [9.17, 15) is 9.59 Å². The second-order valence-corrected chi connectivity index (χ2v) is 4.85. The van der Waals surface area contributed by atoms with Gasteiger partial charge >= 0.3 is 0 Å². The molecule has 0 saturated carbocycles. The third-order valence-corrected chi connectivity index (χ3v) is 3.08.